The fraction of sp³-hybridized carbons (Fsp3) is 0.462. The van der Waals surface area contributed by atoms with Crippen LogP contribution in [0.2, 0.25) is 5.02 Å². The highest BCUT2D eigenvalue weighted by Crippen LogP contribution is 2.24. The number of benzene rings is 1. The third-order valence-electron chi connectivity index (χ3n) is 3.31. The Hall–Kier alpha value is -0.830. The Morgan fingerprint density at radius 2 is 1.95 bits per heavy atom. The lowest BCUT2D eigenvalue weighted by Crippen LogP contribution is -2.50. The first kappa shape index (κ1) is 17.5. The van der Waals surface area contributed by atoms with Gasteiger partial charge in [0.25, 0.3) is 0 Å². The maximum atomic E-state index is 13.1. The van der Waals surface area contributed by atoms with Gasteiger partial charge in [0.2, 0.25) is 15.9 Å². The molecule has 1 aliphatic heterocycles. The molecule has 2 rings (SSSR count). The Kier molecular flexibility index (Phi) is 5.70. The summed E-state index contributed by atoms with van der Waals surface area (Å²) in [5.74, 6) is -0.353. The van der Waals surface area contributed by atoms with Gasteiger partial charge in [0, 0.05) is 31.1 Å². The Bertz CT molecular complexity index is 661. The van der Waals surface area contributed by atoms with Gasteiger partial charge >= 0.3 is 0 Å². The van der Waals surface area contributed by atoms with Gasteiger partial charge in [0.15, 0.2) is 0 Å². The average Bonchev–Trinajstić information content (AvgIpc) is 2.47. The number of hydrogen-bond donors (Lipinski definition) is 0. The highest BCUT2D eigenvalue weighted by atomic mass is 35.5. The van der Waals surface area contributed by atoms with E-state index in [1.807, 2.05) is 0 Å². The topological polar surface area (TPSA) is 57.7 Å². The van der Waals surface area contributed by atoms with Crippen LogP contribution in [0.15, 0.2) is 23.1 Å². The second-order valence-corrected chi connectivity index (χ2v) is 8.35. The molecule has 1 saturated heterocycles. The number of sulfonamides is 1. The van der Waals surface area contributed by atoms with Crippen molar-refractivity contribution in [1.29, 1.82) is 0 Å². The normalized spacial score (nSPS) is 16.8. The van der Waals surface area contributed by atoms with E-state index in [1.165, 1.54) is 34.5 Å². The smallest absolute Gasteiger partial charge is 0.233 e. The van der Waals surface area contributed by atoms with Crippen LogP contribution in [0.5, 0.6) is 0 Å². The molecule has 0 atom stereocenters. The zero-order chi connectivity index (χ0) is 16.3. The predicted octanol–water partition coefficient (Wildman–Crippen LogP) is 1.68. The van der Waals surface area contributed by atoms with Gasteiger partial charge in [-0.25, -0.2) is 12.8 Å². The van der Waals surface area contributed by atoms with Gasteiger partial charge in [-0.3, -0.25) is 4.79 Å². The first-order valence-electron chi connectivity index (χ1n) is 6.58. The minimum Gasteiger partial charge on any atom is -0.339 e. The van der Waals surface area contributed by atoms with Crippen LogP contribution in [-0.4, -0.2) is 61.7 Å². The van der Waals surface area contributed by atoms with E-state index in [2.05, 4.69) is 0 Å². The maximum absolute atomic E-state index is 13.1. The van der Waals surface area contributed by atoms with E-state index < -0.39 is 15.8 Å². The van der Waals surface area contributed by atoms with Gasteiger partial charge in [0.05, 0.1) is 17.0 Å². The van der Waals surface area contributed by atoms with Crippen molar-refractivity contribution in [2.75, 3.05) is 38.2 Å². The molecule has 1 aliphatic rings. The fourth-order valence-electron chi connectivity index (χ4n) is 2.07. The van der Waals surface area contributed by atoms with Crippen molar-refractivity contribution in [3.63, 3.8) is 0 Å². The third kappa shape index (κ3) is 4.58. The molecule has 0 unspecified atom stereocenters. The van der Waals surface area contributed by atoms with Crippen LogP contribution in [0.3, 0.4) is 0 Å². The van der Waals surface area contributed by atoms with Crippen LogP contribution in [0.1, 0.15) is 0 Å². The molecular weight excluding hydrogens is 351 g/mol. The molecular formula is C13H16ClFN2O3S2. The Morgan fingerprint density at radius 3 is 2.50 bits per heavy atom. The number of thioether (sulfide) groups is 1. The summed E-state index contributed by atoms with van der Waals surface area (Å²) >= 11 is 6.97. The van der Waals surface area contributed by atoms with E-state index in [0.717, 1.165) is 4.90 Å². The average molecular weight is 367 g/mol. The molecule has 1 aromatic carbocycles. The molecule has 1 amide bonds. The Balaban J connectivity index is 1.85. The van der Waals surface area contributed by atoms with E-state index in [9.17, 15) is 17.6 Å². The summed E-state index contributed by atoms with van der Waals surface area (Å²) in [6, 6.07) is 4.32. The summed E-state index contributed by atoms with van der Waals surface area (Å²) < 4.78 is 37.2. The molecule has 0 aromatic heterocycles. The quantitative estimate of drug-likeness (QED) is 0.761. The van der Waals surface area contributed by atoms with Crippen molar-refractivity contribution in [1.82, 2.24) is 9.21 Å². The molecule has 0 radical (unpaired) electrons. The van der Waals surface area contributed by atoms with E-state index >= 15 is 0 Å². The lowest BCUT2D eigenvalue weighted by atomic mass is 10.3. The van der Waals surface area contributed by atoms with Crippen molar-refractivity contribution in [3.8, 4) is 0 Å². The van der Waals surface area contributed by atoms with E-state index in [4.69, 9.17) is 11.6 Å². The molecule has 122 valence electrons. The van der Waals surface area contributed by atoms with Crippen LogP contribution in [0, 0.1) is 5.82 Å². The van der Waals surface area contributed by atoms with Crippen LogP contribution in [0.25, 0.3) is 0 Å². The standard InChI is InChI=1S/C13H16ClFN2O3S2/c1-22(19,20)17-6-4-16(5-7-17)13(18)9-21-10-2-3-12(15)11(14)8-10/h2-3,8H,4-7,9H2,1H3. The lowest BCUT2D eigenvalue weighted by molar-refractivity contribution is -0.129. The number of carbonyl (C=O) groups is 1. The minimum absolute atomic E-state index is 0.0271. The molecule has 0 bridgehead atoms. The fourth-order valence-corrected chi connectivity index (χ4v) is 3.98. The molecule has 0 N–H and O–H groups in total. The summed E-state index contributed by atoms with van der Waals surface area (Å²) in [7, 11) is -3.20. The number of rotatable bonds is 4. The highest BCUT2D eigenvalue weighted by molar-refractivity contribution is 8.00. The molecule has 1 heterocycles. The molecule has 1 aromatic rings. The van der Waals surface area contributed by atoms with E-state index in [1.54, 1.807) is 11.0 Å². The molecule has 9 heteroatoms. The molecule has 0 aliphatic carbocycles. The van der Waals surface area contributed by atoms with Crippen molar-refractivity contribution in [2.24, 2.45) is 0 Å². The first-order chi connectivity index (χ1) is 10.3. The van der Waals surface area contributed by atoms with Crippen LogP contribution >= 0.6 is 23.4 Å². The number of nitrogens with zero attached hydrogens (tertiary/aromatic N) is 2. The van der Waals surface area contributed by atoms with Crippen molar-refractivity contribution < 1.29 is 17.6 Å². The van der Waals surface area contributed by atoms with Gasteiger partial charge < -0.3 is 4.90 Å². The molecule has 22 heavy (non-hydrogen) atoms. The first-order valence-corrected chi connectivity index (χ1v) is 9.79. The summed E-state index contributed by atoms with van der Waals surface area (Å²) in [6.07, 6.45) is 1.17. The third-order valence-corrected chi connectivity index (χ3v) is 5.89. The number of carbonyl (C=O) groups excluding carboxylic acids is 1. The maximum Gasteiger partial charge on any atom is 0.233 e. The van der Waals surface area contributed by atoms with Crippen molar-refractivity contribution in [3.05, 3.63) is 29.0 Å². The monoisotopic (exact) mass is 366 g/mol. The van der Waals surface area contributed by atoms with Crippen molar-refractivity contribution in [2.45, 2.75) is 4.90 Å². The summed E-state index contributed by atoms with van der Waals surface area (Å²) in [6.45, 7) is 1.41. The number of hydrogen-bond acceptors (Lipinski definition) is 4. The second kappa shape index (κ2) is 7.16. The van der Waals surface area contributed by atoms with Crippen molar-refractivity contribution >= 4 is 39.3 Å². The number of halogens is 2. The van der Waals surface area contributed by atoms with Gasteiger partial charge in [-0.2, -0.15) is 4.31 Å². The number of amides is 1. The molecule has 0 spiro atoms. The number of piperazine rings is 1. The minimum atomic E-state index is -3.20. The van der Waals surface area contributed by atoms with Gasteiger partial charge in [-0.1, -0.05) is 11.6 Å². The molecule has 0 saturated carbocycles. The summed E-state index contributed by atoms with van der Waals surface area (Å²) in [5.41, 5.74) is 0. The SMILES string of the molecule is CS(=O)(=O)N1CCN(C(=O)CSc2ccc(F)c(Cl)c2)CC1. The Morgan fingerprint density at radius 1 is 1.32 bits per heavy atom. The highest BCUT2D eigenvalue weighted by Gasteiger charge is 2.25. The van der Waals surface area contributed by atoms with Gasteiger partial charge in [-0.15, -0.1) is 11.8 Å². The molecule has 1 fully saturated rings. The largest absolute Gasteiger partial charge is 0.339 e. The second-order valence-electron chi connectivity index (χ2n) is 4.91. The van der Waals surface area contributed by atoms with Crippen LogP contribution in [-0.2, 0) is 14.8 Å². The van der Waals surface area contributed by atoms with Crippen LogP contribution < -0.4 is 0 Å². The summed E-state index contributed by atoms with van der Waals surface area (Å²) in [4.78, 5) is 14.5. The predicted molar refractivity (Wildman–Crippen MR) is 85.1 cm³/mol. The van der Waals surface area contributed by atoms with E-state index in [-0.39, 0.29) is 16.7 Å². The lowest BCUT2D eigenvalue weighted by Gasteiger charge is -2.33. The Labute approximate surface area is 138 Å². The summed E-state index contributed by atoms with van der Waals surface area (Å²) in [5, 5.41) is 0.0271. The van der Waals surface area contributed by atoms with E-state index in [0.29, 0.717) is 26.2 Å². The molecule has 5 nitrogen and oxygen atoms in total. The van der Waals surface area contributed by atoms with Crippen LogP contribution in [0.4, 0.5) is 4.39 Å². The zero-order valence-corrected chi connectivity index (χ0v) is 14.3. The zero-order valence-electron chi connectivity index (χ0n) is 12.0. The van der Waals surface area contributed by atoms with Gasteiger partial charge in [-0.05, 0) is 18.2 Å². The van der Waals surface area contributed by atoms with Gasteiger partial charge in [0.1, 0.15) is 5.82 Å².